The third kappa shape index (κ3) is 7.66. The summed E-state index contributed by atoms with van der Waals surface area (Å²) in [4.78, 5) is 10.7. The van der Waals surface area contributed by atoms with E-state index in [9.17, 15) is 18.0 Å². The topological polar surface area (TPSA) is 67.1 Å². The van der Waals surface area contributed by atoms with Gasteiger partial charge in [-0.1, -0.05) is 6.92 Å². The largest absolute Gasteiger partial charge is 0.405 e. The van der Waals surface area contributed by atoms with E-state index >= 15 is 0 Å². The second-order valence-electron chi connectivity index (χ2n) is 2.85. The van der Waals surface area contributed by atoms with Gasteiger partial charge >= 0.3 is 12.2 Å². The number of halogens is 3. The van der Waals surface area contributed by atoms with Gasteiger partial charge in [0, 0.05) is 12.6 Å². The van der Waals surface area contributed by atoms with Gasteiger partial charge in [-0.05, 0) is 6.42 Å². The van der Waals surface area contributed by atoms with Crippen LogP contribution >= 0.6 is 0 Å². The van der Waals surface area contributed by atoms with Gasteiger partial charge in [0.25, 0.3) is 0 Å². The maximum Gasteiger partial charge on any atom is 0.405 e. The summed E-state index contributed by atoms with van der Waals surface area (Å²) in [6, 6.07) is -1.09. The molecule has 0 saturated heterocycles. The molecule has 0 saturated carbocycles. The van der Waals surface area contributed by atoms with Crippen molar-refractivity contribution in [1.29, 1.82) is 0 Å². The van der Waals surface area contributed by atoms with Crippen LogP contribution in [0.25, 0.3) is 0 Å². The third-order valence-electron chi connectivity index (χ3n) is 1.50. The molecule has 84 valence electrons. The minimum absolute atomic E-state index is 0.167. The molecule has 4 nitrogen and oxygen atoms in total. The lowest BCUT2D eigenvalue weighted by atomic mass is 10.2. The molecule has 0 fully saturated rings. The second-order valence-corrected chi connectivity index (χ2v) is 2.85. The lowest BCUT2D eigenvalue weighted by Gasteiger charge is -2.12. The van der Waals surface area contributed by atoms with Crippen molar-refractivity contribution < 1.29 is 18.0 Å². The average molecular weight is 213 g/mol. The zero-order chi connectivity index (χ0) is 11.2. The Kier molecular flexibility index (Phi) is 5.29. The molecule has 0 aliphatic rings. The number of nitrogens with one attached hydrogen (secondary N) is 2. The van der Waals surface area contributed by atoms with Crippen LogP contribution in [0.1, 0.15) is 13.3 Å². The van der Waals surface area contributed by atoms with E-state index in [0.29, 0.717) is 6.42 Å². The van der Waals surface area contributed by atoms with E-state index in [2.05, 4.69) is 5.32 Å². The molecule has 0 aromatic heterocycles. The Balaban J connectivity index is 3.57. The highest BCUT2D eigenvalue weighted by atomic mass is 19.4. The van der Waals surface area contributed by atoms with Crippen LogP contribution < -0.4 is 16.4 Å². The maximum atomic E-state index is 11.6. The number of nitrogens with two attached hydrogens (primary N) is 1. The molecule has 0 rings (SSSR count). The van der Waals surface area contributed by atoms with Gasteiger partial charge in [0.2, 0.25) is 0 Å². The quantitative estimate of drug-likeness (QED) is 0.639. The average Bonchev–Trinajstić information content (AvgIpc) is 2.09. The van der Waals surface area contributed by atoms with E-state index in [1.165, 1.54) is 0 Å². The van der Waals surface area contributed by atoms with Crippen LogP contribution in [-0.4, -0.2) is 31.3 Å². The molecule has 1 atom stereocenters. The van der Waals surface area contributed by atoms with Crippen LogP contribution in [0, 0.1) is 0 Å². The van der Waals surface area contributed by atoms with E-state index in [4.69, 9.17) is 5.73 Å². The first kappa shape index (κ1) is 13.0. The first-order valence-corrected chi connectivity index (χ1v) is 4.19. The zero-order valence-corrected chi connectivity index (χ0v) is 7.82. The van der Waals surface area contributed by atoms with Crippen molar-refractivity contribution in [1.82, 2.24) is 10.6 Å². The fourth-order valence-corrected chi connectivity index (χ4v) is 0.611. The number of urea groups is 1. The fraction of sp³-hybridized carbons (Fsp3) is 0.857. The second kappa shape index (κ2) is 5.69. The minimum atomic E-state index is -4.38. The number of carbonyl (C=O) groups excluding carboxylic acids is 1. The molecule has 14 heavy (non-hydrogen) atoms. The van der Waals surface area contributed by atoms with Crippen molar-refractivity contribution in [2.75, 3.05) is 13.1 Å². The Morgan fingerprint density at radius 2 is 2.00 bits per heavy atom. The van der Waals surface area contributed by atoms with Gasteiger partial charge in [0.05, 0.1) is 0 Å². The van der Waals surface area contributed by atoms with Crippen molar-refractivity contribution in [3.8, 4) is 0 Å². The van der Waals surface area contributed by atoms with Gasteiger partial charge < -0.3 is 16.4 Å². The van der Waals surface area contributed by atoms with E-state index in [-0.39, 0.29) is 12.6 Å². The normalized spacial score (nSPS) is 13.5. The van der Waals surface area contributed by atoms with Crippen molar-refractivity contribution >= 4 is 6.03 Å². The molecule has 0 aliphatic heterocycles. The van der Waals surface area contributed by atoms with Crippen LogP contribution in [0.4, 0.5) is 18.0 Å². The standard InChI is InChI=1S/C7H14F3N3O/c1-2-5(11)3-12-6(14)13-4-7(8,9)10/h5H,2-4,11H2,1H3,(H2,12,13,14). The predicted molar refractivity (Wildman–Crippen MR) is 45.7 cm³/mol. The summed E-state index contributed by atoms with van der Waals surface area (Å²) in [5, 5.41) is 3.90. The Bertz CT molecular complexity index is 184. The van der Waals surface area contributed by atoms with Crippen molar-refractivity contribution in [3.05, 3.63) is 0 Å². The van der Waals surface area contributed by atoms with E-state index in [1.807, 2.05) is 6.92 Å². The molecule has 7 heteroatoms. The number of amides is 2. The molecule has 0 aromatic carbocycles. The maximum absolute atomic E-state index is 11.6. The molecular weight excluding hydrogens is 199 g/mol. The number of hydrogen-bond donors (Lipinski definition) is 3. The summed E-state index contributed by atoms with van der Waals surface area (Å²) in [7, 11) is 0. The first-order chi connectivity index (χ1) is 6.35. The van der Waals surface area contributed by atoms with Crippen LogP contribution in [0.15, 0.2) is 0 Å². The summed E-state index contributed by atoms with van der Waals surface area (Å²) in [5.74, 6) is 0. The molecule has 0 heterocycles. The Labute approximate surface area is 80.0 Å². The van der Waals surface area contributed by atoms with Gasteiger partial charge in [-0.15, -0.1) is 0 Å². The van der Waals surface area contributed by atoms with E-state index in [1.54, 1.807) is 5.32 Å². The number of rotatable bonds is 4. The lowest BCUT2D eigenvalue weighted by Crippen LogP contribution is -2.44. The van der Waals surface area contributed by atoms with Gasteiger partial charge in [0.1, 0.15) is 6.54 Å². The third-order valence-corrected chi connectivity index (χ3v) is 1.50. The van der Waals surface area contributed by atoms with Crippen LogP contribution in [0.5, 0.6) is 0 Å². The Hall–Kier alpha value is -0.980. The highest BCUT2D eigenvalue weighted by molar-refractivity contribution is 5.73. The van der Waals surface area contributed by atoms with Gasteiger partial charge in [0.15, 0.2) is 0 Å². The van der Waals surface area contributed by atoms with Gasteiger partial charge in [-0.25, -0.2) is 4.79 Å². The van der Waals surface area contributed by atoms with E-state index in [0.717, 1.165) is 0 Å². The summed E-state index contributed by atoms with van der Waals surface area (Å²) in [5.41, 5.74) is 5.44. The van der Waals surface area contributed by atoms with Crippen LogP contribution in [0.2, 0.25) is 0 Å². The van der Waals surface area contributed by atoms with Gasteiger partial charge in [-0.2, -0.15) is 13.2 Å². The summed E-state index contributed by atoms with van der Waals surface area (Å²) < 4.78 is 34.8. The number of carbonyl (C=O) groups is 1. The monoisotopic (exact) mass is 213 g/mol. The van der Waals surface area contributed by atoms with Crippen LogP contribution in [0.3, 0.4) is 0 Å². The van der Waals surface area contributed by atoms with Gasteiger partial charge in [-0.3, -0.25) is 0 Å². The van der Waals surface area contributed by atoms with Crippen LogP contribution in [-0.2, 0) is 0 Å². The summed E-state index contributed by atoms with van der Waals surface area (Å²) in [6.45, 7) is 0.653. The molecule has 0 aliphatic carbocycles. The predicted octanol–water partition coefficient (Wildman–Crippen LogP) is 0.585. The Morgan fingerprint density at radius 3 is 2.43 bits per heavy atom. The fourth-order valence-electron chi connectivity index (χ4n) is 0.611. The minimum Gasteiger partial charge on any atom is -0.337 e. The highest BCUT2D eigenvalue weighted by Gasteiger charge is 2.27. The zero-order valence-electron chi connectivity index (χ0n) is 7.82. The molecule has 0 radical (unpaired) electrons. The summed E-state index contributed by atoms with van der Waals surface area (Å²) >= 11 is 0. The molecule has 2 amide bonds. The molecule has 4 N–H and O–H groups in total. The SMILES string of the molecule is CCC(N)CNC(=O)NCC(F)(F)F. The van der Waals surface area contributed by atoms with E-state index < -0.39 is 18.8 Å². The lowest BCUT2D eigenvalue weighted by molar-refractivity contribution is -0.122. The summed E-state index contributed by atoms with van der Waals surface area (Å²) in [6.07, 6.45) is -3.73. The number of alkyl halides is 3. The highest BCUT2D eigenvalue weighted by Crippen LogP contribution is 2.11. The molecule has 0 spiro atoms. The molecule has 1 unspecified atom stereocenters. The van der Waals surface area contributed by atoms with Crippen molar-refractivity contribution in [3.63, 3.8) is 0 Å². The van der Waals surface area contributed by atoms with Crippen molar-refractivity contribution in [2.45, 2.75) is 25.6 Å². The first-order valence-electron chi connectivity index (χ1n) is 4.19. The smallest absolute Gasteiger partial charge is 0.337 e. The molecular formula is C7H14F3N3O. The molecule has 0 bridgehead atoms. The molecule has 0 aromatic rings. The Morgan fingerprint density at radius 1 is 1.43 bits per heavy atom. The number of hydrogen-bond acceptors (Lipinski definition) is 2. The van der Waals surface area contributed by atoms with Crippen molar-refractivity contribution in [2.24, 2.45) is 5.73 Å².